The summed E-state index contributed by atoms with van der Waals surface area (Å²) >= 11 is 0. The van der Waals surface area contributed by atoms with Crippen molar-refractivity contribution in [2.24, 2.45) is 0 Å². The number of rotatable bonds is 1. The average Bonchev–Trinajstić information content (AvgIpc) is 2.60. The Kier molecular flexibility index (Phi) is 2.21. The highest BCUT2D eigenvalue weighted by Gasteiger charge is 2.06. The van der Waals surface area contributed by atoms with Gasteiger partial charge in [0.1, 0.15) is 11.8 Å². The van der Waals surface area contributed by atoms with Gasteiger partial charge in [0.15, 0.2) is 5.75 Å². The van der Waals surface area contributed by atoms with Crippen molar-refractivity contribution in [3.63, 3.8) is 0 Å². The maximum atomic E-state index is 11.0. The van der Waals surface area contributed by atoms with Gasteiger partial charge in [-0.2, -0.15) is 0 Å². The fraction of sp³-hybridized carbons (Fsp3) is 0.100. The van der Waals surface area contributed by atoms with Crippen LogP contribution in [0.3, 0.4) is 0 Å². The fourth-order valence-electron chi connectivity index (χ4n) is 1.29. The summed E-state index contributed by atoms with van der Waals surface area (Å²) in [5.41, 5.74) is 1.17. The third-order valence-electron chi connectivity index (χ3n) is 2.04. The highest BCUT2D eigenvalue weighted by Crippen LogP contribution is 2.28. The molecule has 0 atom stereocenters. The molecule has 78 valence electrons. The molecular weight excluding hydrogens is 196 g/mol. The van der Waals surface area contributed by atoms with Crippen LogP contribution in [0.5, 0.6) is 5.75 Å². The van der Waals surface area contributed by atoms with Gasteiger partial charge in [-0.25, -0.2) is 4.79 Å². The lowest BCUT2D eigenvalue weighted by molar-refractivity contribution is 0.254. The lowest BCUT2D eigenvalue weighted by atomic mass is 10.2. The Bertz CT molecular complexity index is 504. The molecule has 5 heteroatoms. The number of urea groups is 1. The molecule has 0 aliphatic heterocycles. The number of hydrogen-bond acceptors (Lipinski definition) is 3. The zero-order valence-corrected chi connectivity index (χ0v) is 8.07. The van der Waals surface area contributed by atoms with Crippen LogP contribution < -0.4 is 10.6 Å². The first-order chi connectivity index (χ1) is 7.20. The molecule has 3 N–H and O–H groups in total. The molecule has 0 spiro atoms. The first-order valence-electron chi connectivity index (χ1n) is 4.39. The normalized spacial score (nSPS) is 10.2. The first-order valence-corrected chi connectivity index (χ1v) is 4.39. The van der Waals surface area contributed by atoms with E-state index >= 15 is 0 Å². The monoisotopic (exact) mass is 206 g/mol. The third kappa shape index (κ3) is 1.71. The summed E-state index contributed by atoms with van der Waals surface area (Å²) in [6, 6.07) is 4.71. The number of amides is 2. The van der Waals surface area contributed by atoms with Crippen LogP contribution in [0.4, 0.5) is 10.5 Å². The zero-order chi connectivity index (χ0) is 10.8. The minimum atomic E-state index is -0.308. The number of fused-ring (bicyclic) bond motifs is 1. The molecule has 1 heterocycles. The summed E-state index contributed by atoms with van der Waals surface area (Å²) in [5, 5.41) is 15.0. The van der Waals surface area contributed by atoms with Crippen molar-refractivity contribution < 1.29 is 14.3 Å². The van der Waals surface area contributed by atoms with Crippen LogP contribution in [0, 0.1) is 0 Å². The van der Waals surface area contributed by atoms with Crippen molar-refractivity contribution in [2.45, 2.75) is 0 Å². The van der Waals surface area contributed by atoms with E-state index in [2.05, 4.69) is 10.6 Å². The standard InChI is InChI=1S/C10H10N2O3/c1-11-10(14)12-6-2-3-9-7(4-6)8(13)5-15-9/h2-5,13H,1H3,(H2,11,12,14). The second-order valence-corrected chi connectivity index (χ2v) is 3.04. The van der Waals surface area contributed by atoms with Gasteiger partial charge in [0.25, 0.3) is 0 Å². The largest absolute Gasteiger partial charge is 0.504 e. The number of hydrogen-bond donors (Lipinski definition) is 3. The van der Waals surface area contributed by atoms with E-state index in [-0.39, 0.29) is 11.8 Å². The minimum absolute atomic E-state index is 0.0607. The molecule has 1 aromatic carbocycles. The Morgan fingerprint density at radius 2 is 2.27 bits per heavy atom. The molecule has 0 fully saturated rings. The molecule has 0 aliphatic rings. The van der Waals surface area contributed by atoms with Crippen LogP contribution >= 0.6 is 0 Å². The molecule has 0 aliphatic carbocycles. The van der Waals surface area contributed by atoms with Crippen molar-refractivity contribution in [2.75, 3.05) is 12.4 Å². The summed E-state index contributed by atoms with van der Waals surface area (Å²) < 4.78 is 5.06. The highest BCUT2D eigenvalue weighted by atomic mass is 16.4. The van der Waals surface area contributed by atoms with E-state index in [0.717, 1.165) is 0 Å². The van der Waals surface area contributed by atoms with E-state index in [1.54, 1.807) is 18.2 Å². The molecule has 2 amide bonds. The van der Waals surface area contributed by atoms with Crippen LogP contribution in [0.15, 0.2) is 28.9 Å². The number of carbonyl (C=O) groups is 1. The third-order valence-corrected chi connectivity index (χ3v) is 2.04. The first kappa shape index (κ1) is 9.39. The van der Waals surface area contributed by atoms with Gasteiger partial charge in [0, 0.05) is 12.7 Å². The summed E-state index contributed by atoms with van der Waals surface area (Å²) in [6.07, 6.45) is 1.26. The Morgan fingerprint density at radius 3 is 3.00 bits per heavy atom. The van der Waals surface area contributed by atoms with Gasteiger partial charge in [0.05, 0.1) is 5.39 Å². The number of benzene rings is 1. The predicted molar refractivity (Wildman–Crippen MR) is 56.0 cm³/mol. The molecule has 0 unspecified atom stereocenters. The Labute approximate surface area is 85.7 Å². The lowest BCUT2D eigenvalue weighted by Gasteiger charge is -2.03. The molecule has 0 saturated carbocycles. The van der Waals surface area contributed by atoms with Gasteiger partial charge in [-0.15, -0.1) is 0 Å². The summed E-state index contributed by atoms with van der Waals surface area (Å²) in [6.45, 7) is 0. The Morgan fingerprint density at radius 1 is 1.47 bits per heavy atom. The fourth-order valence-corrected chi connectivity index (χ4v) is 1.29. The molecule has 0 bridgehead atoms. The average molecular weight is 206 g/mol. The number of anilines is 1. The zero-order valence-electron chi connectivity index (χ0n) is 8.07. The maximum absolute atomic E-state index is 11.0. The number of carbonyl (C=O) groups excluding carboxylic acids is 1. The second kappa shape index (κ2) is 3.53. The van der Waals surface area contributed by atoms with E-state index in [0.29, 0.717) is 16.7 Å². The summed E-state index contributed by atoms with van der Waals surface area (Å²) in [7, 11) is 1.53. The van der Waals surface area contributed by atoms with Gasteiger partial charge >= 0.3 is 6.03 Å². The SMILES string of the molecule is CNC(=O)Nc1ccc2occ(O)c2c1. The molecule has 0 radical (unpaired) electrons. The van der Waals surface area contributed by atoms with Crippen LogP contribution in [0.1, 0.15) is 0 Å². The quantitative estimate of drug-likeness (QED) is 0.667. The van der Waals surface area contributed by atoms with Crippen molar-refractivity contribution in [3.8, 4) is 5.75 Å². The van der Waals surface area contributed by atoms with Crippen molar-refractivity contribution in [3.05, 3.63) is 24.5 Å². The van der Waals surface area contributed by atoms with E-state index in [4.69, 9.17) is 4.42 Å². The van der Waals surface area contributed by atoms with Crippen molar-refractivity contribution in [1.82, 2.24) is 5.32 Å². The highest BCUT2D eigenvalue weighted by molar-refractivity contribution is 5.93. The van der Waals surface area contributed by atoms with E-state index in [1.165, 1.54) is 13.3 Å². The van der Waals surface area contributed by atoms with Gasteiger partial charge < -0.3 is 20.2 Å². The molecule has 5 nitrogen and oxygen atoms in total. The Balaban J connectivity index is 2.37. The smallest absolute Gasteiger partial charge is 0.318 e. The van der Waals surface area contributed by atoms with E-state index in [9.17, 15) is 9.90 Å². The minimum Gasteiger partial charge on any atom is -0.504 e. The molecule has 2 aromatic rings. The topological polar surface area (TPSA) is 74.5 Å². The van der Waals surface area contributed by atoms with Crippen molar-refractivity contribution >= 4 is 22.7 Å². The maximum Gasteiger partial charge on any atom is 0.318 e. The second-order valence-electron chi connectivity index (χ2n) is 3.04. The molecule has 1 aromatic heterocycles. The van der Waals surface area contributed by atoms with Gasteiger partial charge in [-0.3, -0.25) is 0 Å². The summed E-state index contributed by atoms with van der Waals surface area (Å²) in [5.74, 6) is 0.0607. The molecule has 15 heavy (non-hydrogen) atoms. The van der Waals surface area contributed by atoms with Crippen LogP contribution in [-0.4, -0.2) is 18.2 Å². The van der Waals surface area contributed by atoms with Crippen LogP contribution in [0.2, 0.25) is 0 Å². The molecular formula is C10H10N2O3. The summed E-state index contributed by atoms with van der Waals surface area (Å²) in [4.78, 5) is 11.0. The van der Waals surface area contributed by atoms with Crippen LogP contribution in [-0.2, 0) is 0 Å². The van der Waals surface area contributed by atoms with Gasteiger partial charge in [0.2, 0.25) is 0 Å². The molecule has 0 saturated heterocycles. The number of nitrogens with one attached hydrogen (secondary N) is 2. The van der Waals surface area contributed by atoms with Crippen LogP contribution in [0.25, 0.3) is 11.0 Å². The van der Waals surface area contributed by atoms with E-state index < -0.39 is 0 Å². The number of furan rings is 1. The van der Waals surface area contributed by atoms with E-state index in [1.807, 2.05) is 0 Å². The predicted octanol–water partition coefficient (Wildman–Crippen LogP) is 1.89. The lowest BCUT2D eigenvalue weighted by Crippen LogP contribution is -2.24. The van der Waals surface area contributed by atoms with Crippen molar-refractivity contribution in [1.29, 1.82) is 0 Å². The van der Waals surface area contributed by atoms with Gasteiger partial charge in [-0.1, -0.05) is 0 Å². The van der Waals surface area contributed by atoms with Gasteiger partial charge in [-0.05, 0) is 18.2 Å². The number of aromatic hydroxyl groups is 1. The molecule has 2 rings (SSSR count). The Hall–Kier alpha value is -2.17.